The largest absolute Gasteiger partial charge is 0.353 e. The summed E-state index contributed by atoms with van der Waals surface area (Å²) in [6.07, 6.45) is 4.27. The summed E-state index contributed by atoms with van der Waals surface area (Å²) in [6, 6.07) is 0. The quantitative estimate of drug-likeness (QED) is 0.370. The first kappa shape index (κ1) is 15.4. The van der Waals surface area contributed by atoms with Crippen LogP contribution in [-0.2, 0) is 9.59 Å². The summed E-state index contributed by atoms with van der Waals surface area (Å²) in [5.41, 5.74) is 0. The average Bonchev–Trinajstić information content (AvgIpc) is 2.35. The second kappa shape index (κ2) is 10.9. The van der Waals surface area contributed by atoms with Crippen LogP contribution in [0, 0.1) is 0 Å². The Hall–Kier alpha value is -1.62. The maximum Gasteiger partial charge on any atom is 0.243 e. The van der Waals surface area contributed by atoms with Crippen molar-refractivity contribution in [3.05, 3.63) is 25.3 Å². The van der Waals surface area contributed by atoms with Gasteiger partial charge in [-0.3, -0.25) is 9.59 Å². The van der Waals surface area contributed by atoms with Crippen molar-refractivity contribution in [1.29, 1.82) is 0 Å². The van der Waals surface area contributed by atoms with Gasteiger partial charge in [-0.1, -0.05) is 13.2 Å². The number of hydrogen-bond donors (Lipinski definition) is 3. The summed E-state index contributed by atoms with van der Waals surface area (Å²) in [7, 11) is 0. The Labute approximate surface area is 102 Å². The van der Waals surface area contributed by atoms with Gasteiger partial charge in [-0.25, -0.2) is 0 Å². The molecule has 0 bridgehead atoms. The lowest BCUT2D eigenvalue weighted by Crippen LogP contribution is -2.28. The Morgan fingerprint density at radius 1 is 0.824 bits per heavy atom. The second-order valence-corrected chi connectivity index (χ2v) is 3.45. The van der Waals surface area contributed by atoms with E-state index in [0.717, 1.165) is 25.9 Å². The molecule has 0 aromatic rings. The highest BCUT2D eigenvalue weighted by Crippen LogP contribution is 1.78. The van der Waals surface area contributed by atoms with Crippen molar-refractivity contribution < 1.29 is 9.59 Å². The average molecular weight is 239 g/mol. The van der Waals surface area contributed by atoms with Crippen LogP contribution in [0.1, 0.15) is 12.8 Å². The smallest absolute Gasteiger partial charge is 0.243 e. The molecule has 0 aliphatic heterocycles. The molecule has 0 aromatic heterocycles. The summed E-state index contributed by atoms with van der Waals surface area (Å²) in [6.45, 7) is 9.69. The Balaban J connectivity index is 3.13. The van der Waals surface area contributed by atoms with Crippen LogP contribution in [0.2, 0.25) is 0 Å². The third kappa shape index (κ3) is 10.7. The molecule has 0 spiro atoms. The van der Waals surface area contributed by atoms with E-state index in [0.29, 0.717) is 13.1 Å². The van der Waals surface area contributed by atoms with Gasteiger partial charge in [-0.15, -0.1) is 0 Å². The Morgan fingerprint density at radius 2 is 1.24 bits per heavy atom. The van der Waals surface area contributed by atoms with Crippen LogP contribution in [0.3, 0.4) is 0 Å². The normalized spacial score (nSPS) is 9.41. The molecule has 0 unspecified atom stereocenters. The van der Waals surface area contributed by atoms with Gasteiger partial charge in [0, 0.05) is 13.1 Å². The zero-order valence-corrected chi connectivity index (χ0v) is 10.1. The predicted molar refractivity (Wildman–Crippen MR) is 68.5 cm³/mol. The fourth-order valence-electron chi connectivity index (χ4n) is 1.12. The van der Waals surface area contributed by atoms with Crippen LogP contribution in [0.5, 0.6) is 0 Å². The minimum atomic E-state index is -0.142. The van der Waals surface area contributed by atoms with Gasteiger partial charge in [0.1, 0.15) is 0 Å². The van der Waals surface area contributed by atoms with E-state index < -0.39 is 0 Å². The molecule has 5 nitrogen and oxygen atoms in total. The Kier molecular flexibility index (Phi) is 9.85. The van der Waals surface area contributed by atoms with E-state index in [1.807, 2.05) is 0 Å². The summed E-state index contributed by atoms with van der Waals surface area (Å²) < 4.78 is 0. The highest BCUT2D eigenvalue weighted by atomic mass is 16.2. The van der Waals surface area contributed by atoms with E-state index in [1.54, 1.807) is 0 Å². The van der Waals surface area contributed by atoms with Crippen molar-refractivity contribution in [2.75, 3.05) is 26.2 Å². The summed E-state index contributed by atoms with van der Waals surface area (Å²) in [5, 5.41) is 8.60. The molecule has 0 aliphatic rings. The molecule has 3 N–H and O–H groups in total. The van der Waals surface area contributed by atoms with E-state index in [2.05, 4.69) is 29.1 Å². The van der Waals surface area contributed by atoms with Gasteiger partial charge in [0.15, 0.2) is 0 Å². The summed E-state index contributed by atoms with van der Waals surface area (Å²) >= 11 is 0. The van der Waals surface area contributed by atoms with Gasteiger partial charge in [0.2, 0.25) is 11.8 Å². The lowest BCUT2D eigenvalue weighted by atomic mass is 10.3. The van der Waals surface area contributed by atoms with E-state index in [-0.39, 0.29) is 11.8 Å². The molecule has 0 heterocycles. The van der Waals surface area contributed by atoms with Crippen LogP contribution < -0.4 is 16.0 Å². The fourth-order valence-corrected chi connectivity index (χ4v) is 1.12. The van der Waals surface area contributed by atoms with Gasteiger partial charge in [-0.05, 0) is 38.1 Å². The monoisotopic (exact) mass is 239 g/mol. The van der Waals surface area contributed by atoms with Crippen LogP contribution >= 0.6 is 0 Å². The van der Waals surface area contributed by atoms with Crippen LogP contribution in [0.4, 0.5) is 0 Å². The van der Waals surface area contributed by atoms with Gasteiger partial charge in [0.05, 0.1) is 0 Å². The predicted octanol–water partition coefficient (Wildman–Crippen LogP) is -0.0394. The fraction of sp³-hybridized carbons (Fsp3) is 0.500. The number of amides is 2. The number of carbonyl (C=O) groups excluding carboxylic acids is 2. The van der Waals surface area contributed by atoms with Gasteiger partial charge in [0.25, 0.3) is 0 Å². The first-order valence-corrected chi connectivity index (χ1v) is 5.72. The molecule has 0 fully saturated rings. The number of carbonyl (C=O) groups is 2. The summed E-state index contributed by atoms with van der Waals surface area (Å²) in [4.78, 5) is 21.6. The lowest BCUT2D eigenvalue weighted by molar-refractivity contribution is -0.117. The SMILES string of the molecule is C=CC(=O)NCCCNCCCNC(=O)C=C. The molecule has 0 aromatic carbocycles. The molecule has 17 heavy (non-hydrogen) atoms. The van der Waals surface area contributed by atoms with Crippen molar-refractivity contribution in [3.8, 4) is 0 Å². The van der Waals surface area contributed by atoms with Crippen molar-refractivity contribution in [1.82, 2.24) is 16.0 Å². The van der Waals surface area contributed by atoms with E-state index in [9.17, 15) is 9.59 Å². The minimum absolute atomic E-state index is 0.142. The minimum Gasteiger partial charge on any atom is -0.353 e. The molecule has 0 saturated carbocycles. The molecule has 5 heteroatoms. The summed E-state index contributed by atoms with van der Waals surface area (Å²) in [5.74, 6) is -0.283. The van der Waals surface area contributed by atoms with Crippen molar-refractivity contribution in [3.63, 3.8) is 0 Å². The zero-order valence-electron chi connectivity index (χ0n) is 10.1. The number of hydrogen-bond acceptors (Lipinski definition) is 3. The molecular weight excluding hydrogens is 218 g/mol. The van der Waals surface area contributed by atoms with Crippen LogP contribution in [0.15, 0.2) is 25.3 Å². The molecule has 2 amide bonds. The molecule has 0 atom stereocenters. The van der Waals surface area contributed by atoms with E-state index >= 15 is 0 Å². The number of nitrogens with one attached hydrogen (secondary N) is 3. The van der Waals surface area contributed by atoms with Gasteiger partial charge >= 0.3 is 0 Å². The van der Waals surface area contributed by atoms with Crippen molar-refractivity contribution >= 4 is 11.8 Å². The highest BCUT2D eigenvalue weighted by molar-refractivity contribution is 5.87. The van der Waals surface area contributed by atoms with E-state index in [1.165, 1.54) is 12.2 Å². The molecule has 96 valence electrons. The standard InChI is InChI=1S/C12H21N3O2/c1-3-11(16)14-9-5-7-13-8-6-10-15-12(17)4-2/h3-4,13H,1-2,5-10H2,(H,14,16)(H,15,17). The molecule has 0 aliphatic carbocycles. The first-order chi connectivity index (χ1) is 8.20. The Morgan fingerprint density at radius 3 is 1.59 bits per heavy atom. The molecular formula is C12H21N3O2. The van der Waals surface area contributed by atoms with Gasteiger partial charge < -0.3 is 16.0 Å². The lowest BCUT2D eigenvalue weighted by Gasteiger charge is -2.05. The van der Waals surface area contributed by atoms with E-state index in [4.69, 9.17) is 0 Å². The number of rotatable bonds is 10. The van der Waals surface area contributed by atoms with Crippen molar-refractivity contribution in [2.45, 2.75) is 12.8 Å². The van der Waals surface area contributed by atoms with Crippen LogP contribution in [-0.4, -0.2) is 38.0 Å². The maximum absolute atomic E-state index is 10.8. The topological polar surface area (TPSA) is 70.2 Å². The molecule has 0 radical (unpaired) electrons. The zero-order chi connectivity index (χ0) is 12.9. The maximum atomic E-state index is 10.8. The Bertz CT molecular complexity index is 238. The first-order valence-electron chi connectivity index (χ1n) is 5.72. The highest BCUT2D eigenvalue weighted by Gasteiger charge is 1.94. The third-order valence-corrected chi connectivity index (χ3v) is 2.03. The third-order valence-electron chi connectivity index (χ3n) is 2.03. The second-order valence-electron chi connectivity index (χ2n) is 3.45. The molecule has 0 rings (SSSR count). The van der Waals surface area contributed by atoms with Crippen LogP contribution in [0.25, 0.3) is 0 Å². The van der Waals surface area contributed by atoms with Crippen molar-refractivity contribution in [2.24, 2.45) is 0 Å². The van der Waals surface area contributed by atoms with Gasteiger partial charge in [-0.2, -0.15) is 0 Å². The molecule has 0 saturated heterocycles.